The highest BCUT2D eigenvalue weighted by atomic mass is 16.5. The smallest absolute Gasteiger partial charge is 0.271 e. The fourth-order valence-electron chi connectivity index (χ4n) is 3.48. The number of methoxy groups -OCH3 is 2. The van der Waals surface area contributed by atoms with Crippen LogP contribution in [0.15, 0.2) is 82.3 Å². The zero-order valence-electron chi connectivity index (χ0n) is 18.0. The van der Waals surface area contributed by atoms with Gasteiger partial charge in [0.1, 0.15) is 22.9 Å². The van der Waals surface area contributed by atoms with Gasteiger partial charge in [-0.15, -0.1) is 5.10 Å². The van der Waals surface area contributed by atoms with E-state index in [9.17, 15) is 4.79 Å². The molecule has 0 saturated carbocycles. The highest BCUT2D eigenvalue weighted by Crippen LogP contribution is 2.24. The Bertz CT molecular complexity index is 1500. The minimum Gasteiger partial charge on any atom is -0.497 e. The third kappa shape index (κ3) is 4.01. The first kappa shape index (κ1) is 20.3. The van der Waals surface area contributed by atoms with E-state index >= 15 is 0 Å². The van der Waals surface area contributed by atoms with Crippen LogP contribution in [0.1, 0.15) is 10.4 Å². The van der Waals surface area contributed by atoms with Gasteiger partial charge in [-0.25, -0.2) is 10.4 Å². The summed E-state index contributed by atoms with van der Waals surface area (Å²) in [6.45, 7) is 0. The molecular formula is C25H20N4O4. The summed E-state index contributed by atoms with van der Waals surface area (Å²) in [4.78, 5) is 20.6. The quantitative estimate of drug-likeness (QED) is 0.398. The van der Waals surface area contributed by atoms with Gasteiger partial charge in [0.05, 0.1) is 30.8 Å². The number of nitrogens with one attached hydrogen (secondary N) is 2. The molecule has 1 amide bonds. The number of fused-ring (bicyclic) bond motifs is 2. The van der Waals surface area contributed by atoms with Crippen LogP contribution in [0.4, 0.5) is 0 Å². The minimum absolute atomic E-state index is 0.216. The number of H-pyrrole nitrogens is 1. The van der Waals surface area contributed by atoms with Crippen molar-refractivity contribution in [2.24, 2.45) is 5.10 Å². The van der Waals surface area contributed by atoms with Gasteiger partial charge >= 0.3 is 0 Å². The fraction of sp³-hybridized carbons (Fsp3) is 0.0800. The van der Waals surface area contributed by atoms with Gasteiger partial charge in [-0.1, -0.05) is 12.1 Å². The number of para-hydroxylation sites is 2. The first-order valence-corrected chi connectivity index (χ1v) is 10.2. The predicted octanol–water partition coefficient (Wildman–Crippen LogP) is 4.24. The van der Waals surface area contributed by atoms with E-state index in [-0.39, 0.29) is 11.5 Å². The molecule has 33 heavy (non-hydrogen) atoms. The maximum absolute atomic E-state index is 12.6. The minimum atomic E-state index is -0.377. The number of hydrogen-bond donors (Lipinski definition) is 2. The molecule has 0 radical (unpaired) electrons. The number of carbonyl (C=O) groups excluding carboxylic acids is 1. The summed E-state index contributed by atoms with van der Waals surface area (Å²) in [5.74, 6) is 1.56. The summed E-state index contributed by atoms with van der Waals surface area (Å²) in [6.07, 6.45) is 0. The molecule has 3 aromatic carbocycles. The number of imidazole rings is 1. The fourth-order valence-corrected chi connectivity index (χ4v) is 3.48. The van der Waals surface area contributed by atoms with Gasteiger partial charge in [0.15, 0.2) is 0 Å². The Morgan fingerprint density at radius 1 is 0.970 bits per heavy atom. The van der Waals surface area contributed by atoms with Crippen LogP contribution in [0.5, 0.6) is 11.5 Å². The Morgan fingerprint density at radius 2 is 1.73 bits per heavy atom. The molecule has 0 spiro atoms. The monoisotopic (exact) mass is 440 g/mol. The summed E-state index contributed by atoms with van der Waals surface area (Å²) in [5, 5.41) is 5.09. The number of ether oxygens (including phenoxy) is 2. The molecule has 5 rings (SSSR count). The highest BCUT2D eigenvalue weighted by molar-refractivity contribution is 5.94. The van der Waals surface area contributed by atoms with Crippen LogP contribution in [0, 0.1) is 0 Å². The van der Waals surface area contributed by atoms with Crippen LogP contribution in [0.3, 0.4) is 0 Å². The van der Waals surface area contributed by atoms with E-state index in [0.29, 0.717) is 34.0 Å². The van der Waals surface area contributed by atoms with E-state index in [1.165, 1.54) is 0 Å². The molecule has 0 unspecified atom stereocenters. The summed E-state index contributed by atoms with van der Waals surface area (Å²) >= 11 is 0. The summed E-state index contributed by atoms with van der Waals surface area (Å²) in [7, 11) is 3.18. The Labute approximate surface area is 188 Å². The molecule has 5 aromatic rings. The lowest BCUT2D eigenvalue weighted by Crippen LogP contribution is -2.22. The van der Waals surface area contributed by atoms with E-state index in [2.05, 4.69) is 20.5 Å². The Hall–Kier alpha value is -4.59. The highest BCUT2D eigenvalue weighted by Gasteiger charge is 2.13. The standard InChI is InChI=1S/C25H20N4O4/c1-31-17-9-7-15(8-10-17)24(30)28-29-25-19(23-26-20-5-3-4-6-21(20)27-23)14-16-13-18(32-2)11-12-22(16)33-25/h3-14H,1-2H3,(H,26,27)(H,28,30). The second kappa shape index (κ2) is 8.51. The molecule has 0 atom stereocenters. The second-order valence-corrected chi connectivity index (χ2v) is 7.25. The molecule has 2 aromatic heterocycles. The third-order valence-corrected chi connectivity index (χ3v) is 5.21. The maximum Gasteiger partial charge on any atom is 0.271 e. The van der Waals surface area contributed by atoms with Crippen molar-refractivity contribution in [2.45, 2.75) is 0 Å². The van der Waals surface area contributed by atoms with Gasteiger partial charge in [-0.3, -0.25) is 4.79 Å². The lowest BCUT2D eigenvalue weighted by molar-refractivity contribution is 0.0951. The van der Waals surface area contributed by atoms with Crippen molar-refractivity contribution >= 4 is 27.9 Å². The van der Waals surface area contributed by atoms with Crippen molar-refractivity contribution in [3.05, 3.63) is 83.9 Å². The van der Waals surface area contributed by atoms with Crippen LogP contribution >= 0.6 is 0 Å². The number of rotatable bonds is 5. The topological polar surface area (TPSA) is 102 Å². The van der Waals surface area contributed by atoms with Crippen molar-refractivity contribution in [3.63, 3.8) is 0 Å². The predicted molar refractivity (Wildman–Crippen MR) is 124 cm³/mol. The first-order valence-electron chi connectivity index (χ1n) is 10.2. The molecule has 0 aliphatic heterocycles. The summed E-state index contributed by atoms with van der Waals surface area (Å²) < 4.78 is 16.5. The molecule has 2 N–H and O–H groups in total. The van der Waals surface area contributed by atoms with Gasteiger partial charge < -0.3 is 18.9 Å². The molecule has 164 valence electrons. The van der Waals surface area contributed by atoms with Crippen molar-refractivity contribution in [1.82, 2.24) is 15.4 Å². The summed E-state index contributed by atoms with van der Waals surface area (Å²) in [6, 6.07) is 21.8. The van der Waals surface area contributed by atoms with E-state index in [1.54, 1.807) is 50.6 Å². The van der Waals surface area contributed by atoms with E-state index in [1.807, 2.05) is 36.4 Å². The van der Waals surface area contributed by atoms with Gasteiger partial charge in [0.25, 0.3) is 5.91 Å². The van der Waals surface area contributed by atoms with Crippen LogP contribution < -0.4 is 20.5 Å². The number of aromatic nitrogens is 2. The van der Waals surface area contributed by atoms with Crippen molar-refractivity contribution < 1.29 is 18.7 Å². The number of aromatic amines is 1. The van der Waals surface area contributed by atoms with Crippen molar-refractivity contribution in [3.8, 4) is 22.9 Å². The lowest BCUT2D eigenvalue weighted by atomic mass is 10.1. The van der Waals surface area contributed by atoms with Crippen LogP contribution in [-0.2, 0) is 0 Å². The average Bonchev–Trinajstić information content (AvgIpc) is 3.30. The molecule has 0 saturated heterocycles. The van der Waals surface area contributed by atoms with Crippen molar-refractivity contribution in [2.75, 3.05) is 14.2 Å². The number of amides is 1. The zero-order valence-corrected chi connectivity index (χ0v) is 18.0. The Morgan fingerprint density at radius 3 is 2.48 bits per heavy atom. The van der Waals surface area contributed by atoms with Gasteiger partial charge in [-0.2, -0.15) is 0 Å². The SMILES string of the molecule is COc1ccc(C(=O)NN=c2oc3ccc(OC)cc3cc2-c2nc3ccccc3[nH]2)cc1. The lowest BCUT2D eigenvalue weighted by Gasteiger charge is -2.06. The van der Waals surface area contributed by atoms with E-state index in [0.717, 1.165) is 16.4 Å². The average molecular weight is 440 g/mol. The number of hydrogen-bond acceptors (Lipinski definition) is 6. The zero-order chi connectivity index (χ0) is 22.8. The largest absolute Gasteiger partial charge is 0.497 e. The van der Waals surface area contributed by atoms with Gasteiger partial charge in [0.2, 0.25) is 5.55 Å². The van der Waals surface area contributed by atoms with Crippen molar-refractivity contribution in [1.29, 1.82) is 0 Å². The van der Waals surface area contributed by atoms with Crippen LogP contribution in [0.25, 0.3) is 33.4 Å². The molecular weight excluding hydrogens is 420 g/mol. The maximum atomic E-state index is 12.6. The number of nitrogens with zero attached hydrogens (tertiary/aromatic N) is 2. The van der Waals surface area contributed by atoms with Gasteiger partial charge in [0, 0.05) is 10.9 Å². The molecule has 0 aliphatic rings. The van der Waals surface area contributed by atoms with E-state index in [4.69, 9.17) is 13.9 Å². The third-order valence-electron chi connectivity index (χ3n) is 5.21. The first-order chi connectivity index (χ1) is 16.1. The molecule has 8 heteroatoms. The summed E-state index contributed by atoms with van der Waals surface area (Å²) in [5.41, 5.74) is 6.11. The number of carbonyl (C=O) groups is 1. The molecule has 0 fully saturated rings. The van der Waals surface area contributed by atoms with Crippen LogP contribution in [0.2, 0.25) is 0 Å². The van der Waals surface area contributed by atoms with Crippen LogP contribution in [-0.4, -0.2) is 30.1 Å². The Balaban J connectivity index is 1.60. The molecule has 0 bridgehead atoms. The van der Waals surface area contributed by atoms with E-state index < -0.39 is 0 Å². The molecule has 0 aliphatic carbocycles. The molecule has 2 heterocycles. The molecule has 8 nitrogen and oxygen atoms in total. The normalized spacial score (nSPS) is 11.6. The second-order valence-electron chi connectivity index (χ2n) is 7.25. The van der Waals surface area contributed by atoms with Gasteiger partial charge in [-0.05, 0) is 60.7 Å². The Kier molecular flexibility index (Phi) is 5.24. The number of benzene rings is 3.